The van der Waals surface area contributed by atoms with Crippen LogP contribution in [0.4, 0.5) is 0 Å². The molecule has 0 amide bonds. The van der Waals surface area contributed by atoms with E-state index in [-0.39, 0.29) is 6.10 Å². The predicted molar refractivity (Wildman–Crippen MR) is 63.0 cm³/mol. The zero-order valence-corrected chi connectivity index (χ0v) is 9.93. The zero-order valence-electron chi connectivity index (χ0n) is 9.93. The van der Waals surface area contributed by atoms with Gasteiger partial charge in [-0.2, -0.15) is 0 Å². The van der Waals surface area contributed by atoms with Crippen LogP contribution >= 0.6 is 0 Å². The molecule has 0 aliphatic rings. The topological polar surface area (TPSA) is 9.23 Å². The summed E-state index contributed by atoms with van der Waals surface area (Å²) in [6, 6.07) is 0. The lowest BCUT2D eigenvalue weighted by Gasteiger charge is -2.15. The van der Waals surface area contributed by atoms with Crippen molar-refractivity contribution in [3.8, 4) is 0 Å². The van der Waals surface area contributed by atoms with Crippen LogP contribution in [0, 0.1) is 13.8 Å². The van der Waals surface area contributed by atoms with Crippen molar-refractivity contribution in [1.29, 1.82) is 0 Å². The van der Waals surface area contributed by atoms with Crippen molar-refractivity contribution in [2.75, 3.05) is 0 Å². The third-order valence-corrected chi connectivity index (χ3v) is 2.24. The maximum Gasteiger partial charge on any atom is 0.0579 e. The van der Waals surface area contributed by atoms with Crippen LogP contribution in [0.25, 0.3) is 0 Å². The Balaban J connectivity index is 3.10. The largest absolute Gasteiger partial charge is 0.376 e. The minimum atomic E-state index is 0.183. The molecule has 2 radical (unpaired) electrons. The van der Waals surface area contributed by atoms with Gasteiger partial charge in [0, 0.05) is 0 Å². The average Bonchev–Trinajstić information content (AvgIpc) is 2.10. The highest BCUT2D eigenvalue weighted by Gasteiger charge is 2.03. The molecule has 0 aliphatic carbocycles. The van der Waals surface area contributed by atoms with Crippen molar-refractivity contribution >= 4 is 0 Å². The normalized spacial score (nSPS) is 13.5. The van der Waals surface area contributed by atoms with Gasteiger partial charge in [0.05, 0.1) is 12.2 Å². The van der Waals surface area contributed by atoms with Gasteiger partial charge in [-0.25, -0.2) is 0 Å². The molecule has 0 spiro atoms. The minimum absolute atomic E-state index is 0.183. The Morgan fingerprint density at radius 1 is 1.00 bits per heavy atom. The lowest BCUT2D eigenvalue weighted by atomic mass is 10.1. The first-order chi connectivity index (χ1) is 6.66. The van der Waals surface area contributed by atoms with Crippen LogP contribution in [-0.2, 0) is 4.74 Å². The van der Waals surface area contributed by atoms with Crippen molar-refractivity contribution in [2.45, 2.75) is 71.0 Å². The highest BCUT2D eigenvalue weighted by molar-refractivity contribution is 4.61. The number of rotatable bonds is 9. The molecule has 1 heteroatoms. The summed E-state index contributed by atoms with van der Waals surface area (Å²) in [5.74, 6) is 0. The Labute approximate surface area is 90.2 Å². The number of hydrogen-bond donors (Lipinski definition) is 0. The van der Waals surface area contributed by atoms with E-state index in [9.17, 15) is 0 Å². The Bertz CT molecular complexity index is 110. The molecule has 84 valence electrons. The van der Waals surface area contributed by atoms with Gasteiger partial charge in [-0.15, -0.1) is 0 Å². The summed E-state index contributed by atoms with van der Waals surface area (Å²) in [6.45, 7) is 11.9. The molecule has 0 aromatic rings. The predicted octanol–water partition coefficient (Wildman–Crippen LogP) is 4.18. The van der Waals surface area contributed by atoms with Crippen LogP contribution in [0.5, 0.6) is 0 Å². The fourth-order valence-electron chi connectivity index (χ4n) is 1.53. The molecule has 0 N–H and O–H groups in total. The molecule has 0 aliphatic heterocycles. The van der Waals surface area contributed by atoms with Gasteiger partial charge in [0.1, 0.15) is 0 Å². The molecule has 0 rings (SSSR count). The van der Waals surface area contributed by atoms with Crippen LogP contribution in [-0.4, -0.2) is 12.2 Å². The Hall–Kier alpha value is -0.0400. The van der Waals surface area contributed by atoms with Gasteiger partial charge in [-0.05, 0) is 27.2 Å². The molecular weight excluding hydrogens is 172 g/mol. The van der Waals surface area contributed by atoms with E-state index in [2.05, 4.69) is 27.7 Å². The van der Waals surface area contributed by atoms with Crippen LogP contribution in [0.15, 0.2) is 0 Å². The maximum atomic E-state index is 5.56. The third-order valence-electron chi connectivity index (χ3n) is 2.24. The molecule has 0 aromatic carbocycles. The SMILES string of the molecule is [CH2]CCCCCCCC([CH2])OC(C)C. The molecule has 0 fully saturated rings. The summed E-state index contributed by atoms with van der Waals surface area (Å²) in [5.41, 5.74) is 0. The Kier molecular flexibility index (Phi) is 9.49. The van der Waals surface area contributed by atoms with Crippen LogP contribution in [0.1, 0.15) is 58.8 Å². The number of ether oxygens (including phenoxy) is 1. The van der Waals surface area contributed by atoms with Gasteiger partial charge in [0.2, 0.25) is 0 Å². The van der Waals surface area contributed by atoms with E-state index in [0.29, 0.717) is 6.10 Å². The minimum Gasteiger partial charge on any atom is -0.376 e. The second-order valence-electron chi connectivity index (χ2n) is 4.22. The van der Waals surface area contributed by atoms with Gasteiger partial charge in [-0.3, -0.25) is 0 Å². The molecule has 1 unspecified atom stereocenters. The zero-order chi connectivity index (χ0) is 10.8. The summed E-state index contributed by atoms with van der Waals surface area (Å²) < 4.78 is 5.56. The summed E-state index contributed by atoms with van der Waals surface area (Å²) in [7, 11) is 0. The van der Waals surface area contributed by atoms with E-state index in [0.717, 1.165) is 12.8 Å². The van der Waals surface area contributed by atoms with Gasteiger partial charge >= 0.3 is 0 Å². The van der Waals surface area contributed by atoms with Gasteiger partial charge in [0.15, 0.2) is 0 Å². The van der Waals surface area contributed by atoms with E-state index in [1.807, 2.05) is 0 Å². The monoisotopic (exact) mass is 198 g/mol. The smallest absolute Gasteiger partial charge is 0.0579 e. The van der Waals surface area contributed by atoms with E-state index in [4.69, 9.17) is 4.74 Å². The van der Waals surface area contributed by atoms with Crippen LogP contribution < -0.4 is 0 Å². The average molecular weight is 198 g/mol. The van der Waals surface area contributed by atoms with Crippen molar-refractivity contribution in [2.24, 2.45) is 0 Å². The number of hydrogen-bond acceptors (Lipinski definition) is 1. The third kappa shape index (κ3) is 10.0. The highest BCUT2D eigenvalue weighted by atomic mass is 16.5. The summed E-state index contributed by atoms with van der Waals surface area (Å²) in [6.07, 6.45) is 9.17. The van der Waals surface area contributed by atoms with Gasteiger partial charge in [0.25, 0.3) is 0 Å². The van der Waals surface area contributed by atoms with Gasteiger partial charge < -0.3 is 4.74 Å². The quantitative estimate of drug-likeness (QED) is 0.505. The number of unbranched alkanes of at least 4 members (excludes halogenated alkanes) is 5. The molecule has 0 saturated heterocycles. The summed E-state index contributed by atoms with van der Waals surface area (Å²) in [5, 5.41) is 0. The van der Waals surface area contributed by atoms with Crippen molar-refractivity contribution in [3.63, 3.8) is 0 Å². The van der Waals surface area contributed by atoms with Crippen molar-refractivity contribution in [3.05, 3.63) is 13.8 Å². The molecule has 0 saturated carbocycles. The molecular formula is C13H26O. The summed E-state index contributed by atoms with van der Waals surface area (Å²) in [4.78, 5) is 0. The molecule has 1 atom stereocenters. The molecule has 0 aromatic heterocycles. The lowest BCUT2D eigenvalue weighted by molar-refractivity contribution is 0.0281. The molecule has 14 heavy (non-hydrogen) atoms. The highest BCUT2D eigenvalue weighted by Crippen LogP contribution is 2.10. The first kappa shape index (κ1) is 14.0. The maximum absolute atomic E-state index is 5.56. The second kappa shape index (κ2) is 9.51. The van der Waals surface area contributed by atoms with Crippen molar-refractivity contribution < 1.29 is 4.74 Å². The standard InChI is InChI=1S/C13H26O/c1-5-6-7-8-9-10-11-13(4)14-12(2)3/h12-13H,1,4-11H2,2-3H3. The fourth-order valence-corrected chi connectivity index (χ4v) is 1.53. The first-order valence-corrected chi connectivity index (χ1v) is 5.94. The Morgan fingerprint density at radius 3 is 2.14 bits per heavy atom. The van der Waals surface area contributed by atoms with Crippen molar-refractivity contribution in [1.82, 2.24) is 0 Å². The Morgan fingerprint density at radius 2 is 1.57 bits per heavy atom. The second-order valence-corrected chi connectivity index (χ2v) is 4.22. The van der Waals surface area contributed by atoms with E-state index < -0.39 is 0 Å². The van der Waals surface area contributed by atoms with Crippen LogP contribution in [0.2, 0.25) is 0 Å². The van der Waals surface area contributed by atoms with Gasteiger partial charge in [-0.1, -0.05) is 45.4 Å². The fraction of sp³-hybridized carbons (Fsp3) is 0.846. The van der Waals surface area contributed by atoms with E-state index in [1.54, 1.807) is 0 Å². The van der Waals surface area contributed by atoms with E-state index >= 15 is 0 Å². The molecule has 0 heterocycles. The van der Waals surface area contributed by atoms with E-state index in [1.165, 1.54) is 32.1 Å². The lowest BCUT2D eigenvalue weighted by Crippen LogP contribution is -2.14. The summed E-state index contributed by atoms with van der Waals surface area (Å²) >= 11 is 0. The van der Waals surface area contributed by atoms with Crippen LogP contribution in [0.3, 0.4) is 0 Å². The first-order valence-electron chi connectivity index (χ1n) is 5.94. The molecule has 0 bridgehead atoms. The molecule has 1 nitrogen and oxygen atoms in total.